The number of ketones is 1. The summed E-state index contributed by atoms with van der Waals surface area (Å²) in [7, 11) is 0. The van der Waals surface area contributed by atoms with Gasteiger partial charge in [-0.05, 0) is 38.1 Å². The lowest BCUT2D eigenvalue weighted by Gasteiger charge is -2.22. The number of benzene rings is 1. The maximum Gasteiger partial charge on any atom is 0.171 e. The van der Waals surface area contributed by atoms with E-state index in [1.165, 1.54) is 6.07 Å². The molecular weight excluding hydrogens is 252 g/mol. The van der Waals surface area contributed by atoms with Crippen molar-refractivity contribution in [3.63, 3.8) is 0 Å². The van der Waals surface area contributed by atoms with Gasteiger partial charge in [0.05, 0.1) is 18.3 Å². The molecule has 5 heteroatoms. The van der Waals surface area contributed by atoms with E-state index in [-0.39, 0.29) is 19.1 Å². The molecule has 0 amide bonds. The largest absolute Gasteiger partial charge is 0.378 e. The lowest BCUT2D eigenvalue weighted by molar-refractivity contribution is 0.0312. The van der Waals surface area contributed by atoms with Crippen molar-refractivity contribution in [2.75, 3.05) is 19.7 Å². The Bertz CT molecular complexity index is 425. The highest BCUT2D eigenvalue weighted by molar-refractivity contribution is 5.96. The summed E-state index contributed by atoms with van der Waals surface area (Å²) in [6, 6.07) is 3.42. The zero-order valence-electron chi connectivity index (χ0n) is 10.6. The predicted octanol–water partition coefficient (Wildman–Crippen LogP) is 2.31. The average Bonchev–Trinajstić information content (AvgIpc) is 2.40. The van der Waals surface area contributed by atoms with E-state index < -0.39 is 23.0 Å². The van der Waals surface area contributed by atoms with Crippen LogP contribution in [0.25, 0.3) is 0 Å². The van der Waals surface area contributed by atoms with Crippen molar-refractivity contribution < 1.29 is 18.3 Å². The van der Waals surface area contributed by atoms with E-state index in [9.17, 15) is 13.6 Å². The second kappa shape index (κ2) is 6.73. The van der Waals surface area contributed by atoms with Crippen molar-refractivity contribution >= 4 is 5.78 Å². The highest BCUT2D eigenvalue weighted by Gasteiger charge is 2.18. The Hall–Kier alpha value is -1.33. The minimum Gasteiger partial charge on any atom is -0.378 e. The quantitative estimate of drug-likeness (QED) is 0.834. The molecule has 1 heterocycles. The van der Waals surface area contributed by atoms with Gasteiger partial charge in [0.15, 0.2) is 5.78 Å². The van der Waals surface area contributed by atoms with Crippen LogP contribution in [0.15, 0.2) is 18.2 Å². The van der Waals surface area contributed by atoms with Gasteiger partial charge in [-0.15, -0.1) is 0 Å². The number of nitrogens with one attached hydrogen (secondary N) is 1. The number of carbonyl (C=O) groups is 1. The van der Waals surface area contributed by atoms with Gasteiger partial charge in [0.1, 0.15) is 11.6 Å². The van der Waals surface area contributed by atoms with Crippen LogP contribution in [0.2, 0.25) is 0 Å². The molecule has 2 rings (SSSR count). The number of hydrogen-bond donors (Lipinski definition) is 1. The summed E-state index contributed by atoms with van der Waals surface area (Å²) in [6.07, 6.45) is 1.95. The molecule has 1 fully saturated rings. The Morgan fingerprint density at radius 2 is 1.89 bits per heavy atom. The molecule has 0 aliphatic carbocycles. The van der Waals surface area contributed by atoms with Gasteiger partial charge in [0.25, 0.3) is 0 Å². The smallest absolute Gasteiger partial charge is 0.171 e. The van der Waals surface area contributed by atoms with Crippen LogP contribution < -0.4 is 5.32 Å². The third-order valence-corrected chi connectivity index (χ3v) is 3.21. The van der Waals surface area contributed by atoms with E-state index in [1.54, 1.807) is 0 Å². The van der Waals surface area contributed by atoms with E-state index in [0.717, 1.165) is 38.1 Å². The van der Waals surface area contributed by atoms with E-state index in [4.69, 9.17) is 4.74 Å². The van der Waals surface area contributed by atoms with Crippen molar-refractivity contribution in [2.24, 2.45) is 0 Å². The number of rotatable bonds is 5. The van der Waals surface area contributed by atoms with Gasteiger partial charge < -0.3 is 10.1 Å². The lowest BCUT2D eigenvalue weighted by atomic mass is 10.1. The van der Waals surface area contributed by atoms with Crippen LogP contribution in [-0.4, -0.2) is 31.6 Å². The topological polar surface area (TPSA) is 38.3 Å². The predicted molar refractivity (Wildman–Crippen MR) is 67.1 cm³/mol. The molecule has 0 aromatic heterocycles. The third kappa shape index (κ3) is 3.81. The van der Waals surface area contributed by atoms with E-state index in [1.807, 2.05) is 0 Å². The van der Waals surface area contributed by atoms with Crippen molar-refractivity contribution in [1.29, 1.82) is 0 Å². The van der Waals surface area contributed by atoms with Gasteiger partial charge in [-0.2, -0.15) is 0 Å². The van der Waals surface area contributed by atoms with Crippen molar-refractivity contribution in [1.82, 2.24) is 5.32 Å². The molecule has 1 aromatic carbocycles. The zero-order chi connectivity index (χ0) is 13.7. The molecule has 1 aliphatic rings. The fourth-order valence-corrected chi connectivity index (χ4v) is 2.17. The second-order valence-corrected chi connectivity index (χ2v) is 4.59. The van der Waals surface area contributed by atoms with Crippen LogP contribution in [0.4, 0.5) is 8.78 Å². The first-order valence-corrected chi connectivity index (χ1v) is 6.48. The summed E-state index contributed by atoms with van der Waals surface area (Å²) in [5.74, 6) is -2.18. The normalized spacial score (nSPS) is 16.5. The summed E-state index contributed by atoms with van der Waals surface area (Å²) in [4.78, 5) is 11.8. The first kappa shape index (κ1) is 14.1. The van der Waals surface area contributed by atoms with Gasteiger partial charge in [-0.1, -0.05) is 6.07 Å². The van der Waals surface area contributed by atoms with Crippen LogP contribution in [0, 0.1) is 11.6 Å². The SMILES string of the molecule is O=C(CCOC1CCNCC1)c1c(F)cccc1F. The second-order valence-electron chi connectivity index (χ2n) is 4.59. The van der Waals surface area contributed by atoms with E-state index in [0.29, 0.717) is 0 Å². The summed E-state index contributed by atoms with van der Waals surface area (Å²) in [5, 5.41) is 3.21. The molecular formula is C14H17F2NO2. The minimum atomic E-state index is -0.813. The van der Waals surface area contributed by atoms with Crippen molar-refractivity contribution in [3.05, 3.63) is 35.4 Å². The summed E-state index contributed by atoms with van der Waals surface area (Å²) < 4.78 is 32.3. The highest BCUT2D eigenvalue weighted by Crippen LogP contribution is 2.15. The first-order chi connectivity index (χ1) is 9.18. The van der Waals surface area contributed by atoms with Crippen LogP contribution in [0.5, 0.6) is 0 Å². The molecule has 0 saturated carbocycles. The maximum absolute atomic E-state index is 13.4. The molecule has 0 unspecified atom stereocenters. The molecule has 19 heavy (non-hydrogen) atoms. The van der Waals surface area contributed by atoms with E-state index in [2.05, 4.69) is 5.32 Å². The van der Waals surface area contributed by atoms with Crippen LogP contribution >= 0.6 is 0 Å². The zero-order valence-corrected chi connectivity index (χ0v) is 10.6. The highest BCUT2D eigenvalue weighted by atomic mass is 19.1. The van der Waals surface area contributed by atoms with Crippen LogP contribution in [0.3, 0.4) is 0 Å². The molecule has 0 bridgehead atoms. The average molecular weight is 269 g/mol. The van der Waals surface area contributed by atoms with Gasteiger partial charge in [0, 0.05) is 6.42 Å². The Labute approximate surface area is 111 Å². The van der Waals surface area contributed by atoms with Gasteiger partial charge >= 0.3 is 0 Å². The Balaban J connectivity index is 1.84. The number of Topliss-reactive ketones (excluding diaryl/α,β-unsaturated/α-hetero) is 1. The molecule has 0 radical (unpaired) electrons. The number of carbonyl (C=O) groups excluding carboxylic acids is 1. The van der Waals surface area contributed by atoms with E-state index >= 15 is 0 Å². The third-order valence-electron chi connectivity index (χ3n) is 3.21. The monoisotopic (exact) mass is 269 g/mol. The van der Waals surface area contributed by atoms with Crippen molar-refractivity contribution in [2.45, 2.75) is 25.4 Å². The number of piperidine rings is 1. The maximum atomic E-state index is 13.4. The van der Waals surface area contributed by atoms with Gasteiger partial charge in [-0.25, -0.2) is 8.78 Å². The molecule has 1 N–H and O–H groups in total. The van der Waals surface area contributed by atoms with Gasteiger partial charge in [0.2, 0.25) is 0 Å². The van der Waals surface area contributed by atoms with Crippen LogP contribution in [0.1, 0.15) is 29.6 Å². The summed E-state index contributed by atoms with van der Waals surface area (Å²) in [6.45, 7) is 2.01. The number of halogens is 2. The molecule has 1 aromatic rings. The fourth-order valence-electron chi connectivity index (χ4n) is 2.17. The standard InChI is InChI=1S/C14H17F2NO2/c15-11-2-1-3-12(16)14(11)13(18)6-9-19-10-4-7-17-8-5-10/h1-3,10,17H,4-9H2. The first-order valence-electron chi connectivity index (χ1n) is 6.48. The minimum absolute atomic E-state index is 0.00177. The Morgan fingerprint density at radius 3 is 2.53 bits per heavy atom. The summed E-state index contributed by atoms with van der Waals surface area (Å²) in [5.41, 5.74) is -0.462. The Morgan fingerprint density at radius 1 is 1.26 bits per heavy atom. The number of ether oxygens (including phenoxy) is 1. The molecule has 1 saturated heterocycles. The fraction of sp³-hybridized carbons (Fsp3) is 0.500. The Kier molecular flexibility index (Phi) is 4.99. The summed E-state index contributed by atoms with van der Waals surface area (Å²) >= 11 is 0. The van der Waals surface area contributed by atoms with Gasteiger partial charge in [-0.3, -0.25) is 4.79 Å². The van der Waals surface area contributed by atoms with Crippen LogP contribution in [-0.2, 0) is 4.74 Å². The molecule has 1 aliphatic heterocycles. The molecule has 3 nitrogen and oxygen atoms in total. The number of hydrogen-bond acceptors (Lipinski definition) is 3. The van der Waals surface area contributed by atoms with Crippen molar-refractivity contribution in [3.8, 4) is 0 Å². The molecule has 104 valence electrons. The molecule has 0 atom stereocenters. The molecule has 0 spiro atoms. The lowest BCUT2D eigenvalue weighted by Crippen LogP contribution is -2.32.